The maximum Gasteiger partial charge on any atom is 0.218 e. The average Bonchev–Trinajstić information content (AvgIpc) is 3.11. The van der Waals surface area contributed by atoms with E-state index in [2.05, 4.69) is 70.3 Å². The number of fused-ring (bicyclic) bond motifs is 5. The minimum atomic E-state index is -1.83. The molecule has 31 heavy (non-hydrogen) atoms. The standard InChI is InChI=1S/C29H44OSi/c1-6-21-13-15-26-25-14-12-22-20-23(30-31(4,5)24-10-8-7-9-11-24)16-18-29(22,3)27(25)17-19-28(21,26)2/h6-11,22-23,25-27H,12-20H2,1-5H3/b21-6-/t22-,23-,25-,26-,27-,28+,29-/m0/s1. The van der Waals surface area contributed by atoms with Crippen LogP contribution in [0.5, 0.6) is 0 Å². The molecule has 0 bridgehead atoms. The number of hydrogen-bond donors (Lipinski definition) is 0. The normalized spacial score (nSPS) is 43.9. The van der Waals surface area contributed by atoms with Crippen LogP contribution >= 0.6 is 0 Å². The first-order valence-corrected chi connectivity index (χ1v) is 16.1. The van der Waals surface area contributed by atoms with Crippen molar-refractivity contribution in [2.24, 2.45) is 34.5 Å². The predicted octanol–water partition coefficient (Wildman–Crippen LogP) is 7.47. The van der Waals surface area contributed by atoms with Crippen LogP contribution < -0.4 is 5.19 Å². The molecule has 0 radical (unpaired) electrons. The largest absolute Gasteiger partial charge is 0.410 e. The van der Waals surface area contributed by atoms with E-state index in [9.17, 15) is 0 Å². The summed E-state index contributed by atoms with van der Waals surface area (Å²) in [5, 5.41) is 1.44. The molecule has 5 rings (SSSR count). The Morgan fingerprint density at radius 2 is 1.71 bits per heavy atom. The van der Waals surface area contributed by atoms with Gasteiger partial charge in [0, 0.05) is 6.10 Å². The van der Waals surface area contributed by atoms with Crippen LogP contribution in [-0.2, 0) is 4.43 Å². The van der Waals surface area contributed by atoms with Gasteiger partial charge < -0.3 is 4.43 Å². The molecule has 1 nitrogen and oxygen atoms in total. The Labute approximate surface area is 192 Å². The molecule has 2 heteroatoms. The quantitative estimate of drug-likeness (QED) is 0.352. The first-order chi connectivity index (χ1) is 14.8. The molecule has 4 aliphatic carbocycles. The highest BCUT2D eigenvalue weighted by atomic mass is 28.4. The zero-order chi connectivity index (χ0) is 21.9. The van der Waals surface area contributed by atoms with Gasteiger partial charge in [-0.3, -0.25) is 0 Å². The van der Waals surface area contributed by atoms with Crippen molar-refractivity contribution in [3.63, 3.8) is 0 Å². The first-order valence-electron chi connectivity index (χ1n) is 13.2. The molecule has 0 aliphatic heterocycles. The van der Waals surface area contributed by atoms with Gasteiger partial charge in [-0.25, -0.2) is 0 Å². The maximum absolute atomic E-state index is 6.94. The average molecular weight is 437 g/mol. The van der Waals surface area contributed by atoms with Gasteiger partial charge in [-0.05, 0) is 117 Å². The van der Waals surface area contributed by atoms with Gasteiger partial charge >= 0.3 is 0 Å². The molecule has 0 N–H and O–H groups in total. The van der Waals surface area contributed by atoms with Crippen LogP contribution in [0.2, 0.25) is 13.1 Å². The fourth-order valence-electron chi connectivity index (χ4n) is 8.97. The van der Waals surface area contributed by atoms with Gasteiger partial charge in [0.1, 0.15) is 0 Å². The Morgan fingerprint density at radius 1 is 0.935 bits per heavy atom. The lowest BCUT2D eigenvalue weighted by molar-refractivity contribution is -0.114. The summed E-state index contributed by atoms with van der Waals surface area (Å²) in [7, 11) is -1.83. The summed E-state index contributed by atoms with van der Waals surface area (Å²) in [6.45, 7) is 12.4. The summed E-state index contributed by atoms with van der Waals surface area (Å²) in [6.07, 6.45) is 15.6. The van der Waals surface area contributed by atoms with Gasteiger partial charge in [0.25, 0.3) is 0 Å². The van der Waals surface area contributed by atoms with Crippen molar-refractivity contribution in [1.29, 1.82) is 0 Å². The fraction of sp³-hybridized carbons (Fsp3) is 0.724. The van der Waals surface area contributed by atoms with E-state index in [0.29, 0.717) is 16.9 Å². The van der Waals surface area contributed by atoms with E-state index in [4.69, 9.17) is 4.43 Å². The molecule has 170 valence electrons. The second-order valence-electron chi connectivity index (χ2n) is 12.4. The van der Waals surface area contributed by atoms with Crippen molar-refractivity contribution in [3.05, 3.63) is 42.0 Å². The van der Waals surface area contributed by atoms with Crippen molar-refractivity contribution in [3.8, 4) is 0 Å². The molecule has 0 unspecified atom stereocenters. The minimum Gasteiger partial charge on any atom is -0.410 e. The van der Waals surface area contributed by atoms with Crippen LogP contribution in [0.15, 0.2) is 42.0 Å². The SMILES string of the molecule is C/C=C1/CC[C@H]2[C@@H]3CC[C@H]4C[C@@H](O[Si](C)(C)c5ccccc5)CC[C@]4(C)[C@H]3CC[C@]12C. The van der Waals surface area contributed by atoms with Gasteiger partial charge in [-0.1, -0.05) is 55.8 Å². The maximum atomic E-state index is 6.94. The molecule has 1 aromatic carbocycles. The fourth-order valence-corrected chi connectivity index (χ4v) is 11.2. The van der Waals surface area contributed by atoms with Crippen molar-refractivity contribution < 1.29 is 4.43 Å². The molecule has 0 aromatic heterocycles. The predicted molar refractivity (Wildman–Crippen MR) is 134 cm³/mol. The zero-order valence-electron chi connectivity index (χ0n) is 20.6. The van der Waals surface area contributed by atoms with Crippen molar-refractivity contribution >= 4 is 13.5 Å². The summed E-state index contributed by atoms with van der Waals surface area (Å²) in [6, 6.07) is 11.0. The summed E-state index contributed by atoms with van der Waals surface area (Å²) in [4.78, 5) is 0. The molecular formula is C29H44OSi. The molecule has 4 aliphatic rings. The summed E-state index contributed by atoms with van der Waals surface area (Å²) < 4.78 is 6.94. The van der Waals surface area contributed by atoms with Gasteiger partial charge in [0.2, 0.25) is 8.32 Å². The molecule has 4 saturated carbocycles. The summed E-state index contributed by atoms with van der Waals surface area (Å²) >= 11 is 0. The second-order valence-corrected chi connectivity index (χ2v) is 16.2. The number of benzene rings is 1. The Hall–Kier alpha value is -0.863. The highest BCUT2D eigenvalue weighted by molar-refractivity contribution is 6.84. The Morgan fingerprint density at radius 3 is 2.45 bits per heavy atom. The van der Waals surface area contributed by atoms with Crippen LogP contribution in [0, 0.1) is 34.5 Å². The van der Waals surface area contributed by atoms with E-state index in [0.717, 1.165) is 23.7 Å². The van der Waals surface area contributed by atoms with Crippen LogP contribution in [0.4, 0.5) is 0 Å². The molecule has 7 atom stereocenters. The van der Waals surface area contributed by atoms with Crippen LogP contribution in [0.25, 0.3) is 0 Å². The topological polar surface area (TPSA) is 9.23 Å². The van der Waals surface area contributed by atoms with Gasteiger partial charge in [-0.2, -0.15) is 0 Å². The lowest BCUT2D eigenvalue weighted by atomic mass is 9.45. The molecule has 4 fully saturated rings. The van der Waals surface area contributed by atoms with Gasteiger partial charge in [0.05, 0.1) is 0 Å². The summed E-state index contributed by atoms with van der Waals surface area (Å²) in [5.41, 5.74) is 2.86. The van der Waals surface area contributed by atoms with E-state index >= 15 is 0 Å². The van der Waals surface area contributed by atoms with Crippen molar-refractivity contribution in [2.45, 2.75) is 97.8 Å². The van der Waals surface area contributed by atoms with E-state index in [1.165, 1.54) is 63.0 Å². The third-order valence-corrected chi connectivity index (χ3v) is 13.4. The van der Waals surface area contributed by atoms with Crippen LogP contribution in [-0.4, -0.2) is 14.4 Å². The number of rotatable bonds is 3. The Bertz CT molecular complexity index is 828. The number of allylic oxidation sites excluding steroid dienone is 2. The van der Waals surface area contributed by atoms with Crippen molar-refractivity contribution in [2.75, 3.05) is 0 Å². The summed E-state index contributed by atoms with van der Waals surface area (Å²) in [5.74, 6) is 3.76. The highest BCUT2D eigenvalue weighted by Gasteiger charge is 2.59. The van der Waals surface area contributed by atoms with E-state index < -0.39 is 8.32 Å². The Kier molecular flexibility index (Phi) is 5.57. The molecular weight excluding hydrogens is 392 g/mol. The van der Waals surface area contributed by atoms with Crippen molar-refractivity contribution in [1.82, 2.24) is 0 Å². The Balaban J connectivity index is 1.30. The third-order valence-electron chi connectivity index (χ3n) is 10.7. The molecule has 1 aromatic rings. The lowest BCUT2D eigenvalue weighted by Crippen LogP contribution is -2.55. The zero-order valence-corrected chi connectivity index (χ0v) is 21.6. The molecule has 0 heterocycles. The second kappa shape index (κ2) is 7.87. The van der Waals surface area contributed by atoms with Crippen LogP contribution in [0.3, 0.4) is 0 Å². The highest BCUT2D eigenvalue weighted by Crippen LogP contribution is 2.67. The van der Waals surface area contributed by atoms with Gasteiger partial charge in [0.15, 0.2) is 0 Å². The monoisotopic (exact) mass is 436 g/mol. The van der Waals surface area contributed by atoms with Gasteiger partial charge in [-0.15, -0.1) is 0 Å². The van der Waals surface area contributed by atoms with E-state index in [1.54, 1.807) is 5.57 Å². The van der Waals surface area contributed by atoms with E-state index in [1.807, 2.05) is 0 Å². The van der Waals surface area contributed by atoms with Crippen LogP contribution in [0.1, 0.15) is 78.6 Å². The molecule has 0 spiro atoms. The smallest absolute Gasteiger partial charge is 0.218 e. The first kappa shape index (κ1) is 22.0. The lowest BCUT2D eigenvalue weighted by Gasteiger charge is -2.61. The number of hydrogen-bond acceptors (Lipinski definition) is 1. The third kappa shape index (κ3) is 3.51. The molecule has 0 amide bonds. The van der Waals surface area contributed by atoms with E-state index in [-0.39, 0.29) is 0 Å². The molecule has 0 saturated heterocycles. The minimum absolute atomic E-state index is 0.478.